The zero-order valence-corrected chi connectivity index (χ0v) is 10.2. The third-order valence-electron chi connectivity index (χ3n) is 1.74. The van der Waals surface area contributed by atoms with E-state index < -0.39 is 0 Å². The number of thiazole rings is 1. The summed E-state index contributed by atoms with van der Waals surface area (Å²) in [6, 6.07) is 5.68. The standard InChI is InChI=1S/C9H6BrClN2S/c10-6-3-5(1-2-7(6)11)8-4-14-9(12)13-8/h1-4H,(H2,12,13). The largest absolute Gasteiger partial charge is 0.375 e. The van der Waals surface area contributed by atoms with Crippen LogP contribution >= 0.6 is 38.9 Å². The summed E-state index contributed by atoms with van der Waals surface area (Å²) in [6.07, 6.45) is 0. The van der Waals surface area contributed by atoms with Gasteiger partial charge < -0.3 is 5.73 Å². The molecule has 0 saturated carbocycles. The molecule has 0 unspecified atom stereocenters. The van der Waals surface area contributed by atoms with E-state index in [0.29, 0.717) is 10.2 Å². The van der Waals surface area contributed by atoms with Crippen molar-refractivity contribution in [3.8, 4) is 11.3 Å². The van der Waals surface area contributed by atoms with Gasteiger partial charge in [-0.3, -0.25) is 0 Å². The second-order valence-electron chi connectivity index (χ2n) is 2.70. The van der Waals surface area contributed by atoms with Crippen molar-refractivity contribution >= 4 is 44.0 Å². The predicted molar refractivity (Wildman–Crippen MR) is 64.7 cm³/mol. The first kappa shape index (κ1) is 9.96. The molecule has 0 aliphatic heterocycles. The van der Waals surface area contributed by atoms with Crippen LogP contribution in [0.1, 0.15) is 0 Å². The molecule has 2 rings (SSSR count). The third kappa shape index (κ3) is 1.92. The highest BCUT2D eigenvalue weighted by molar-refractivity contribution is 9.10. The highest BCUT2D eigenvalue weighted by Crippen LogP contribution is 2.29. The Morgan fingerprint density at radius 3 is 2.79 bits per heavy atom. The van der Waals surface area contributed by atoms with Crippen molar-refractivity contribution < 1.29 is 0 Å². The molecular formula is C9H6BrClN2S. The zero-order chi connectivity index (χ0) is 10.1. The molecule has 0 saturated heterocycles. The van der Waals surface area contributed by atoms with E-state index >= 15 is 0 Å². The van der Waals surface area contributed by atoms with Crippen LogP contribution in [0, 0.1) is 0 Å². The molecule has 0 aliphatic rings. The van der Waals surface area contributed by atoms with Gasteiger partial charge in [0, 0.05) is 15.4 Å². The number of benzene rings is 1. The lowest BCUT2D eigenvalue weighted by molar-refractivity contribution is 1.41. The van der Waals surface area contributed by atoms with Gasteiger partial charge in [0.25, 0.3) is 0 Å². The normalized spacial score (nSPS) is 10.4. The van der Waals surface area contributed by atoms with E-state index in [-0.39, 0.29) is 0 Å². The van der Waals surface area contributed by atoms with Crippen molar-refractivity contribution in [3.63, 3.8) is 0 Å². The summed E-state index contributed by atoms with van der Waals surface area (Å²) in [4.78, 5) is 4.18. The number of hydrogen-bond acceptors (Lipinski definition) is 3. The van der Waals surface area contributed by atoms with Crippen LogP contribution in [0.3, 0.4) is 0 Å². The Morgan fingerprint density at radius 2 is 2.21 bits per heavy atom. The van der Waals surface area contributed by atoms with Gasteiger partial charge in [-0.05, 0) is 28.1 Å². The molecule has 0 bridgehead atoms. The Bertz CT molecular complexity index is 470. The molecule has 0 atom stereocenters. The molecule has 1 aromatic carbocycles. The molecule has 14 heavy (non-hydrogen) atoms. The molecule has 0 amide bonds. The van der Waals surface area contributed by atoms with Crippen LogP contribution in [0.15, 0.2) is 28.1 Å². The predicted octanol–water partition coefficient (Wildman–Crippen LogP) is 3.81. The summed E-state index contributed by atoms with van der Waals surface area (Å²) < 4.78 is 0.864. The van der Waals surface area contributed by atoms with Gasteiger partial charge in [0.05, 0.1) is 10.7 Å². The van der Waals surface area contributed by atoms with Crippen LogP contribution in [0.4, 0.5) is 5.13 Å². The van der Waals surface area contributed by atoms with Crippen molar-refractivity contribution in [1.29, 1.82) is 0 Å². The minimum atomic E-state index is 0.575. The van der Waals surface area contributed by atoms with Crippen LogP contribution in [0.5, 0.6) is 0 Å². The lowest BCUT2D eigenvalue weighted by atomic mass is 10.2. The van der Waals surface area contributed by atoms with Crippen LogP contribution < -0.4 is 5.73 Å². The van der Waals surface area contributed by atoms with Gasteiger partial charge in [-0.25, -0.2) is 4.98 Å². The molecule has 2 aromatic rings. The summed E-state index contributed by atoms with van der Waals surface area (Å²) >= 11 is 10.7. The Hall–Kier alpha value is -0.580. The fourth-order valence-corrected chi connectivity index (χ4v) is 2.14. The third-order valence-corrected chi connectivity index (χ3v) is 3.63. The van der Waals surface area contributed by atoms with E-state index in [4.69, 9.17) is 17.3 Å². The number of hydrogen-bond donors (Lipinski definition) is 1. The van der Waals surface area contributed by atoms with Gasteiger partial charge in [-0.1, -0.05) is 17.7 Å². The molecule has 0 aliphatic carbocycles. The Labute approximate surface area is 98.9 Å². The van der Waals surface area contributed by atoms with Gasteiger partial charge in [0.15, 0.2) is 5.13 Å². The number of nitrogens with two attached hydrogens (primary N) is 1. The quantitative estimate of drug-likeness (QED) is 0.867. The molecular weight excluding hydrogens is 284 g/mol. The van der Waals surface area contributed by atoms with E-state index in [9.17, 15) is 0 Å². The lowest BCUT2D eigenvalue weighted by Crippen LogP contribution is -1.83. The highest BCUT2D eigenvalue weighted by atomic mass is 79.9. The molecule has 0 fully saturated rings. The monoisotopic (exact) mass is 288 g/mol. The SMILES string of the molecule is Nc1nc(-c2ccc(Cl)c(Br)c2)cs1. The van der Waals surface area contributed by atoms with E-state index in [0.717, 1.165) is 15.7 Å². The van der Waals surface area contributed by atoms with Crippen molar-refractivity contribution in [2.45, 2.75) is 0 Å². The minimum Gasteiger partial charge on any atom is -0.375 e. The summed E-state index contributed by atoms with van der Waals surface area (Å²) in [5.41, 5.74) is 7.44. The molecule has 0 radical (unpaired) electrons. The van der Waals surface area contributed by atoms with Gasteiger partial charge in [-0.15, -0.1) is 11.3 Å². The molecule has 2 nitrogen and oxygen atoms in total. The van der Waals surface area contributed by atoms with Gasteiger partial charge in [-0.2, -0.15) is 0 Å². The maximum atomic E-state index is 5.88. The Kier molecular flexibility index (Phi) is 2.76. The molecule has 5 heteroatoms. The van der Waals surface area contributed by atoms with Crippen molar-refractivity contribution in [2.24, 2.45) is 0 Å². The summed E-state index contributed by atoms with van der Waals surface area (Å²) in [7, 11) is 0. The number of nitrogens with zero attached hydrogens (tertiary/aromatic N) is 1. The van der Waals surface area contributed by atoms with Gasteiger partial charge >= 0.3 is 0 Å². The molecule has 72 valence electrons. The smallest absolute Gasteiger partial charge is 0.180 e. The van der Waals surface area contributed by atoms with Crippen LogP contribution in [-0.4, -0.2) is 4.98 Å². The van der Waals surface area contributed by atoms with Gasteiger partial charge in [0.2, 0.25) is 0 Å². The minimum absolute atomic E-state index is 0.575. The Morgan fingerprint density at radius 1 is 1.43 bits per heavy atom. The van der Waals surface area contributed by atoms with Crippen LogP contribution in [-0.2, 0) is 0 Å². The second-order valence-corrected chi connectivity index (χ2v) is 4.85. The van der Waals surface area contributed by atoms with Crippen LogP contribution in [0.25, 0.3) is 11.3 Å². The highest BCUT2D eigenvalue weighted by Gasteiger charge is 2.04. The van der Waals surface area contributed by atoms with Crippen molar-refractivity contribution in [2.75, 3.05) is 5.73 Å². The summed E-state index contributed by atoms with van der Waals surface area (Å²) in [5, 5.41) is 3.19. The zero-order valence-electron chi connectivity index (χ0n) is 7.00. The van der Waals surface area contributed by atoms with E-state index in [2.05, 4.69) is 20.9 Å². The summed E-state index contributed by atoms with van der Waals surface area (Å²) in [5.74, 6) is 0. The topological polar surface area (TPSA) is 38.9 Å². The number of aromatic nitrogens is 1. The Balaban J connectivity index is 2.47. The molecule has 1 heterocycles. The summed E-state index contributed by atoms with van der Waals surface area (Å²) in [6.45, 7) is 0. The van der Waals surface area contributed by atoms with Crippen molar-refractivity contribution in [3.05, 3.63) is 33.1 Å². The van der Waals surface area contributed by atoms with E-state index in [1.165, 1.54) is 11.3 Å². The first-order valence-corrected chi connectivity index (χ1v) is 5.88. The van der Waals surface area contributed by atoms with Crippen molar-refractivity contribution in [1.82, 2.24) is 4.98 Å². The first-order chi connectivity index (χ1) is 6.66. The fourth-order valence-electron chi connectivity index (χ4n) is 1.08. The second kappa shape index (κ2) is 3.88. The fraction of sp³-hybridized carbons (Fsp3) is 0. The average Bonchev–Trinajstić information content (AvgIpc) is 2.57. The first-order valence-electron chi connectivity index (χ1n) is 3.83. The molecule has 2 N–H and O–H groups in total. The number of rotatable bonds is 1. The lowest BCUT2D eigenvalue weighted by Gasteiger charge is -1.99. The number of halogens is 2. The van der Waals surface area contributed by atoms with E-state index in [1.54, 1.807) is 0 Å². The van der Waals surface area contributed by atoms with Gasteiger partial charge in [0.1, 0.15) is 0 Å². The average molecular weight is 290 g/mol. The van der Waals surface area contributed by atoms with Crippen LogP contribution in [0.2, 0.25) is 5.02 Å². The number of anilines is 1. The van der Waals surface area contributed by atoms with E-state index in [1.807, 2.05) is 23.6 Å². The maximum absolute atomic E-state index is 5.88. The molecule has 0 spiro atoms. The maximum Gasteiger partial charge on any atom is 0.180 e. The number of nitrogen functional groups attached to an aromatic ring is 1. The molecule has 1 aromatic heterocycles.